The number of anilines is 2. The first-order chi connectivity index (χ1) is 11.7. The summed E-state index contributed by atoms with van der Waals surface area (Å²) in [5, 5.41) is 0.960. The quantitative estimate of drug-likeness (QED) is 0.632. The average Bonchev–Trinajstić information content (AvgIpc) is 2.59. The van der Waals surface area contributed by atoms with Gasteiger partial charge in [0.05, 0.1) is 5.39 Å². The van der Waals surface area contributed by atoms with Crippen LogP contribution in [-0.4, -0.2) is 21.5 Å². The first-order valence-corrected chi connectivity index (χ1v) is 8.68. The van der Waals surface area contributed by atoms with E-state index >= 15 is 0 Å². The van der Waals surface area contributed by atoms with E-state index in [0.717, 1.165) is 42.0 Å². The molecule has 0 saturated heterocycles. The molecule has 1 aromatic carbocycles. The molecule has 6 heteroatoms. The molecule has 24 heavy (non-hydrogen) atoms. The summed E-state index contributed by atoms with van der Waals surface area (Å²) in [5.74, 6) is 0.734. The normalized spacial score (nSPS) is 14.0. The molecule has 1 aliphatic heterocycles. The van der Waals surface area contributed by atoms with Crippen LogP contribution in [0.4, 0.5) is 15.4 Å². The Morgan fingerprint density at radius 1 is 1.08 bits per heavy atom. The van der Waals surface area contributed by atoms with Crippen molar-refractivity contribution in [2.75, 3.05) is 11.4 Å². The summed E-state index contributed by atoms with van der Waals surface area (Å²) in [4.78, 5) is 15.3. The number of halogens is 1. The van der Waals surface area contributed by atoms with Crippen LogP contribution in [0.2, 0.25) is 0 Å². The first-order valence-electron chi connectivity index (χ1n) is 7.97. The summed E-state index contributed by atoms with van der Waals surface area (Å²) in [5.41, 5.74) is 5.10. The number of aromatic nitrogens is 3. The van der Waals surface area contributed by atoms with Gasteiger partial charge < -0.3 is 4.90 Å². The Balaban J connectivity index is 1.94. The van der Waals surface area contributed by atoms with E-state index in [1.54, 1.807) is 0 Å². The van der Waals surface area contributed by atoms with E-state index in [-0.39, 0.29) is 17.3 Å². The number of pyridine rings is 1. The molecular formula is C18H17FN4S. The van der Waals surface area contributed by atoms with E-state index in [9.17, 15) is 3.89 Å². The van der Waals surface area contributed by atoms with E-state index in [4.69, 9.17) is 0 Å². The summed E-state index contributed by atoms with van der Waals surface area (Å²) in [6, 6.07) is 10.4. The molecule has 0 spiro atoms. The lowest BCUT2D eigenvalue weighted by molar-refractivity contribution is 0.753. The highest BCUT2D eigenvalue weighted by Crippen LogP contribution is 2.37. The molecule has 0 radical (unpaired) electrons. The van der Waals surface area contributed by atoms with Crippen molar-refractivity contribution in [2.24, 2.45) is 0 Å². The van der Waals surface area contributed by atoms with Gasteiger partial charge in [0.1, 0.15) is 18.0 Å². The third-order valence-electron chi connectivity index (χ3n) is 4.34. The summed E-state index contributed by atoms with van der Waals surface area (Å²) in [6.07, 6.45) is 2.10. The van der Waals surface area contributed by atoms with Crippen molar-refractivity contribution in [3.63, 3.8) is 0 Å². The minimum Gasteiger partial charge on any atom is -0.325 e. The van der Waals surface area contributed by atoms with Gasteiger partial charge in [0.15, 0.2) is 5.65 Å². The van der Waals surface area contributed by atoms with Gasteiger partial charge >= 0.3 is 0 Å². The third kappa shape index (κ3) is 2.60. The van der Waals surface area contributed by atoms with Crippen LogP contribution in [0.25, 0.3) is 11.0 Å². The maximum atomic E-state index is 13.2. The van der Waals surface area contributed by atoms with E-state index in [2.05, 4.69) is 45.0 Å². The van der Waals surface area contributed by atoms with Gasteiger partial charge in [-0.2, -0.15) is 3.89 Å². The molecule has 3 aromatic rings. The van der Waals surface area contributed by atoms with E-state index < -0.39 is 0 Å². The number of hydrogen-bond acceptors (Lipinski definition) is 5. The van der Waals surface area contributed by atoms with Gasteiger partial charge in [-0.25, -0.2) is 15.0 Å². The van der Waals surface area contributed by atoms with Crippen molar-refractivity contribution in [1.29, 1.82) is 0 Å². The summed E-state index contributed by atoms with van der Waals surface area (Å²) in [7, 11) is 0. The van der Waals surface area contributed by atoms with Crippen LogP contribution in [0.5, 0.6) is 0 Å². The number of benzene rings is 1. The Hall–Kier alpha value is -2.21. The molecule has 0 saturated carbocycles. The Kier molecular flexibility index (Phi) is 3.84. The van der Waals surface area contributed by atoms with Gasteiger partial charge in [-0.15, -0.1) is 0 Å². The number of nitrogens with zero attached hydrogens (tertiary/aromatic N) is 4. The number of rotatable bonds is 2. The fourth-order valence-electron chi connectivity index (χ4n) is 3.26. The molecule has 0 fully saturated rings. The molecule has 0 atom stereocenters. The Labute approximate surface area is 144 Å². The lowest BCUT2D eigenvalue weighted by Crippen LogP contribution is -2.26. The van der Waals surface area contributed by atoms with Crippen LogP contribution in [0, 0.1) is 13.8 Å². The van der Waals surface area contributed by atoms with Crippen molar-refractivity contribution < 1.29 is 3.89 Å². The fourth-order valence-corrected chi connectivity index (χ4v) is 3.50. The molecule has 2 aromatic heterocycles. The van der Waals surface area contributed by atoms with Gasteiger partial charge in [0.2, 0.25) is 5.16 Å². The molecule has 3 heterocycles. The molecule has 0 unspecified atom stereocenters. The van der Waals surface area contributed by atoms with Crippen molar-refractivity contribution in [1.82, 2.24) is 15.0 Å². The minimum atomic E-state index is 0.0625. The molecule has 4 nitrogen and oxygen atoms in total. The highest BCUT2D eigenvalue weighted by atomic mass is 32.2. The van der Waals surface area contributed by atoms with Crippen molar-refractivity contribution in [2.45, 2.75) is 31.8 Å². The largest absolute Gasteiger partial charge is 0.325 e. The summed E-state index contributed by atoms with van der Waals surface area (Å²) in [6.45, 7) is 4.86. The van der Waals surface area contributed by atoms with Gasteiger partial charge in [-0.1, -0.05) is 17.7 Å². The van der Waals surface area contributed by atoms with Gasteiger partial charge in [-0.3, -0.25) is 0 Å². The van der Waals surface area contributed by atoms with Crippen molar-refractivity contribution in [3.05, 3.63) is 47.2 Å². The van der Waals surface area contributed by atoms with E-state index in [1.165, 1.54) is 11.1 Å². The molecule has 122 valence electrons. The Bertz CT molecular complexity index is 928. The molecule has 0 amide bonds. The third-order valence-corrected chi connectivity index (χ3v) is 4.66. The maximum Gasteiger partial charge on any atom is 0.224 e. The monoisotopic (exact) mass is 340 g/mol. The standard InChI is InChI=1S/C18H17FN4S/c1-11-5-8-15-13(10-11)4-3-9-23(15)17-14-7-6-12(2)20-16(14)21-18(22-17)24-19/h5-8,10H,3-4,9H2,1-2H3. The van der Waals surface area contributed by atoms with Gasteiger partial charge in [0, 0.05) is 17.9 Å². The van der Waals surface area contributed by atoms with Crippen LogP contribution in [0.3, 0.4) is 0 Å². The number of aryl methyl sites for hydroxylation is 3. The summed E-state index contributed by atoms with van der Waals surface area (Å²) >= 11 is 0.0625. The van der Waals surface area contributed by atoms with Crippen LogP contribution in [0.15, 0.2) is 35.5 Å². The van der Waals surface area contributed by atoms with Crippen LogP contribution in [-0.2, 0) is 6.42 Å². The minimum absolute atomic E-state index is 0.0625. The van der Waals surface area contributed by atoms with E-state index in [1.807, 2.05) is 19.1 Å². The molecule has 0 N–H and O–H groups in total. The second kappa shape index (κ2) is 6.02. The lowest BCUT2D eigenvalue weighted by Gasteiger charge is -2.31. The highest BCUT2D eigenvalue weighted by Gasteiger charge is 2.22. The lowest BCUT2D eigenvalue weighted by atomic mass is 9.99. The number of fused-ring (bicyclic) bond motifs is 2. The maximum absolute atomic E-state index is 13.2. The zero-order valence-corrected chi connectivity index (χ0v) is 14.4. The molecule has 1 aliphatic rings. The molecular weight excluding hydrogens is 323 g/mol. The molecule has 0 aliphatic carbocycles. The van der Waals surface area contributed by atoms with Crippen LogP contribution in [0.1, 0.15) is 23.2 Å². The molecule has 4 rings (SSSR count). The topological polar surface area (TPSA) is 41.9 Å². The Morgan fingerprint density at radius 2 is 1.96 bits per heavy atom. The SMILES string of the molecule is Cc1ccc2c(c1)CCCN2c1nc(SF)nc2nc(C)ccc12. The molecule has 0 bridgehead atoms. The highest BCUT2D eigenvalue weighted by molar-refractivity contribution is 7.94. The smallest absolute Gasteiger partial charge is 0.224 e. The zero-order chi connectivity index (χ0) is 16.7. The van der Waals surface area contributed by atoms with Gasteiger partial charge in [-0.05, 0) is 50.5 Å². The van der Waals surface area contributed by atoms with Crippen molar-refractivity contribution >= 4 is 34.7 Å². The predicted molar refractivity (Wildman–Crippen MR) is 95.5 cm³/mol. The van der Waals surface area contributed by atoms with Crippen molar-refractivity contribution in [3.8, 4) is 0 Å². The van der Waals surface area contributed by atoms with E-state index in [0.29, 0.717) is 5.65 Å². The second-order valence-electron chi connectivity index (χ2n) is 6.12. The average molecular weight is 340 g/mol. The first kappa shape index (κ1) is 15.3. The second-order valence-corrected chi connectivity index (χ2v) is 6.64. The van der Waals surface area contributed by atoms with Gasteiger partial charge in [0.25, 0.3) is 0 Å². The zero-order valence-electron chi connectivity index (χ0n) is 13.6. The number of hydrogen-bond donors (Lipinski definition) is 0. The predicted octanol–water partition coefficient (Wildman–Crippen LogP) is 4.70. The fraction of sp³-hybridized carbons (Fsp3) is 0.278. The van der Waals surface area contributed by atoms with Crippen LogP contribution >= 0.6 is 12.1 Å². The van der Waals surface area contributed by atoms with Crippen LogP contribution < -0.4 is 4.90 Å². The Morgan fingerprint density at radius 3 is 2.79 bits per heavy atom. The summed E-state index contributed by atoms with van der Waals surface area (Å²) < 4.78 is 13.2.